The van der Waals surface area contributed by atoms with Gasteiger partial charge in [0.1, 0.15) is 18.8 Å². The molecule has 1 rings (SSSR count). The summed E-state index contributed by atoms with van der Waals surface area (Å²) in [7, 11) is 0. The van der Waals surface area contributed by atoms with Crippen molar-refractivity contribution in [3.63, 3.8) is 0 Å². The fourth-order valence-electron chi connectivity index (χ4n) is 2.21. The number of rotatable bonds is 10. The minimum atomic E-state index is -1.05. The molecule has 180 valence electrons. The van der Waals surface area contributed by atoms with Gasteiger partial charge in [0.15, 0.2) is 11.5 Å². The lowest BCUT2D eigenvalue weighted by Gasteiger charge is -2.17. The number of ether oxygens (including phenoxy) is 6. The quantitative estimate of drug-likeness (QED) is 0.300. The zero-order valence-electron chi connectivity index (χ0n) is 18.3. The maximum absolute atomic E-state index is 12.2. The van der Waals surface area contributed by atoms with E-state index in [4.69, 9.17) is 34.2 Å². The molecule has 0 aromatic heterocycles. The predicted molar refractivity (Wildman–Crippen MR) is 113 cm³/mol. The number of halogens is 1. The molecule has 0 saturated heterocycles. The van der Waals surface area contributed by atoms with Gasteiger partial charge in [0.2, 0.25) is 0 Å². The number of hydrogen-bond donors (Lipinski definition) is 1. The summed E-state index contributed by atoms with van der Waals surface area (Å²) in [6, 6.07) is 3.22. The molecule has 0 spiro atoms. The normalized spacial score (nSPS) is 11.8. The Labute approximate surface area is 191 Å². The number of carbonyl (C=O) groups excluding carboxylic acids is 4. The highest BCUT2D eigenvalue weighted by molar-refractivity contribution is 5.85. The van der Waals surface area contributed by atoms with E-state index in [9.17, 15) is 19.2 Å². The molecule has 1 aromatic carbocycles. The second-order valence-corrected chi connectivity index (χ2v) is 6.21. The van der Waals surface area contributed by atoms with Crippen molar-refractivity contribution < 1.29 is 47.6 Å². The van der Waals surface area contributed by atoms with Crippen molar-refractivity contribution in [3.8, 4) is 11.5 Å². The van der Waals surface area contributed by atoms with Crippen LogP contribution >= 0.6 is 12.4 Å². The smallest absolute Gasteiger partial charge is 0.462 e. The summed E-state index contributed by atoms with van der Waals surface area (Å²) in [6.07, 6.45) is -2.63. The minimum Gasteiger partial charge on any atom is -0.462 e. The Balaban J connectivity index is 0.00000961. The molecule has 0 bridgehead atoms. The van der Waals surface area contributed by atoms with E-state index < -0.39 is 36.4 Å². The number of carbonyl (C=O) groups is 4. The van der Waals surface area contributed by atoms with Crippen LogP contribution in [0.1, 0.15) is 33.3 Å². The van der Waals surface area contributed by atoms with Crippen LogP contribution in [0.4, 0.5) is 9.59 Å². The second-order valence-electron chi connectivity index (χ2n) is 6.21. The molecular formula is C20H28ClNO10. The van der Waals surface area contributed by atoms with E-state index in [0.29, 0.717) is 5.56 Å². The first-order chi connectivity index (χ1) is 14.7. The highest BCUT2D eigenvalue weighted by Gasteiger charge is 2.21. The Kier molecular flexibility index (Phi) is 13.5. The fourth-order valence-corrected chi connectivity index (χ4v) is 2.21. The van der Waals surface area contributed by atoms with Crippen molar-refractivity contribution in [2.75, 3.05) is 19.8 Å². The van der Waals surface area contributed by atoms with Crippen LogP contribution in [0, 0.1) is 0 Å². The van der Waals surface area contributed by atoms with Crippen LogP contribution in [-0.2, 0) is 35.0 Å². The SMILES string of the molecule is CCOC(=O)Oc1ccc(C[C@H](N)C(=O)O[C@H](C)COC(C)=O)cc1OC(=O)OCC.Cl. The van der Waals surface area contributed by atoms with E-state index in [2.05, 4.69) is 0 Å². The van der Waals surface area contributed by atoms with Gasteiger partial charge in [-0.15, -0.1) is 12.4 Å². The van der Waals surface area contributed by atoms with Gasteiger partial charge in [-0.3, -0.25) is 9.59 Å². The van der Waals surface area contributed by atoms with Crippen LogP contribution in [0.3, 0.4) is 0 Å². The lowest BCUT2D eigenvalue weighted by Crippen LogP contribution is -2.37. The number of esters is 2. The predicted octanol–water partition coefficient (Wildman–Crippen LogP) is 2.54. The molecule has 0 amide bonds. The third-order valence-corrected chi connectivity index (χ3v) is 3.52. The Morgan fingerprint density at radius 3 is 2.03 bits per heavy atom. The van der Waals surface area contributed by atoms with Gasteiger partial charge in [-0.05, 0) is 44.9 Å². The van der Waals surface area contributed by atoms with Gasteiger partial charge in [-0.1, -0.05) is 6.07 Å². The van der Waals surface area contributed by atoms with Gasteiger partial charge >= 0.3 is 24.2 Å². The average Bonchev–Trinajstić information content (AvgIpc) is 2.68. The monoisotopic (exact) mass is 477 g/mol. The van der Waals surface area contributed by atoms with Crippen LogP contribution in [0.15, 0.2) is 18.2 Å². The van der Waals surface area contributed by atoms with Gasteiger partial charge < -0.3 is 34.2 Å². The fraction of sp³-hybridized carbons (Fsp3) is 0.500. The summed E-state index contributed by atoms with van der Waals surface area (Å²) in [6.45, 7) is 6.08. The first-order valence-corrected chi connectivity index (χ1v) is 9.57. The molecule has 0 aliphatic heterocycles. The van der Waals surface area contributed by atoms with E-state index in [1.807, 2.05) is 0 Å². The molecule has 0 fully saturated rings. The zero-order chi connectivity index (χ0) is 23.4. The Hall–Kier alpha value is -3.05. The molecule has 0 unspecified atom stereocenters. The third-order valence-electron chi connectivity index (χ3n) is 3.52. The molecule has 12 heteroatoms. The topological polar surface area (TPSA) is 150 Å². The van der Waals surface area contributed by atoms with Crippen LogP contribution in [0.2, 0.25) is 0 Å². The Morgan fingerprint density at radius 2 is 1.50 bits per heavy atom. The van der Waals surface area contributed by atoms with Crippen LogP contribution in [0.5, 0.6) is 11.5 Å². The molecule has 32 heavy (non-hydrogen) atoms. The standard InChI is InChI=1S/C20H27NO10.ClH/c1-5-26-19(24)30-16-8-7-14(10-17(16)31-20(25)27-6-2)9-15(21)18(23)29-12(3)11-28-13(4)22;/h7-8,10,12,15H,5-6,9,11,21H2,1-4H3;1H/t12-,15+;/m1./s1. The van der Waals surface area contributed by atoms with Crippen molar-refractivity contribution in [1.82, 2.24) is 0 Å². The van der Waals surface area contributed by atoms with Crippen molar-refractivity contribution in [2.45, 2.75) is 46.3 Å². The lowest BCUT2D eigenvalue weighted by atomic mass is 10.1. The number of benzene rings is 1. The molecule has 0 aliphatic carbocycles. The van der Waals surface area contributed by atoms with E-state index in [0.717, 1.165) is 0 Å². The van der Waals surface area contributed by atoms with E-state index >= 15 is 0 Å². The molecule has 0 aliphatic rings. The average molecular weight is 478 g/mol. The molecule has 0 saturated carbocycles. The Bertz CT molecular complexity index is 786. The summed E-state index contributed by atoms with van der Waals surface area (Å²) in [5, 5.41) is 0. The van der Waals surface area contributed by atoms with E-state index in [1.165, 1.54) is 25.1 Å². The Morgan fingerprint density at radius 1 is 0.938 bits per heavy atom. The van der Waals surface area contributed by atoms with E-state index in [-0.39, 0.29) is 50.1 Å². The van der Waals surface area contributed by atoms with Crippen molar-refractivity contribution in [1.29, 1.82) is 0 Å². The maximum atomic E-state index is 12.2. The van der Waals surface area contributed by atoms with Crippen molar-refractivity contribution in [2.24, 2.45) is 5.73 Å². The van der Waals surface area contributed by atoms with Gasteiger partial charge in [0.05, 0.1) is 13.2 Å². The van der Waals surface area contributed by atoms with Crippen LogP contribution < -0.4 is 15.2 Å². The lowest BCUT2D eigenvalue weighted by molar-refractivity contribution is -0.157. The molecular weight excluding hydrogens is 450 g/mol. The number of nitrogens with two attached hydrogens (primary N) is 1. The molecule has 2 atom stereocenters. The minimum absolute atomic E-state index is 0. The summed E-state index contributed by atoms with van der Waals surface area (Å²) in [4.78, 5) is 46.3. The van der Waals surface area contributed by atoms with Crippen LogP contribution in [-0.4, -0.2) is 56.2 Å². The van der Waals surface area contributed by atoms with Gasteiger partial charge in [0, 0.05) is 6.92 Å². The maximum Gasteiger partial charge on any atom is 0.513 e. The summed E-state index contributed by atoms with van der Waals surface area (Å²) in [5.74, 6) is -1.40. The van der Waals surface area contributed by atoms with Gasteiger partial charge in [-0.25, -0.2) is 9.59 Å². The van der Waals surface area contributed by atoms with Gasteiger partial charge in [-0.2, -0.15) is 0 Å². The molecule has 1 aromatic rings. The van der Waals surface area contributed by atoms with Crippen molar-refractivity contribution >= 4 is 36.7 Å². The molecule has 2 N–H and O–H groups in total. The zero-order valence-corrected chi connectivity index (χ0v) is 19.1. The first-order valence-electron chi connectivity index (χ1n) is 9.57. The number of hydrogen-bond acceptors (Lipinski definition) is 11. The summed E-state index contributed by atoms with van der Waals surface area (Å²) in [5.41, 5.74) is 6.38. The van der Waals surface area contributed by atoms with E-state index in [1.54, 1.807) is 20.8 Å². The molecule has 11 nitrogen and oxygen atoms in total. The summed E-state index contributed by atoms with van der Waals surface area (Å²) >= 11 is 0. The third kappa shape index (κ3) is 10.8. The van der Waals surface area contributed by atoms with Crippen molar-refractivity contribution in [3.05, 3.63) is 23.8 Å². The highest BCUT2D eigenvalue weighted by atomic mass is 35.5. The summed E-state index contributed by atoms with van der Waals surface area (Å²) < 4.78 is 29.4. The molecule has 0 radical (unpaired) electrons. The largest absolute Gasteiger partial charge is 0.513 e. The van der Waals surface area contributed by atoms with Crippen LogP contribution in [0.25, 0.3) is 0 Å². The molecule has 0 heterocycles. The second kappa shape index (κ2) is 14.9. The first kappa shape index (κ1) is 28.9. The van der Waals surface area contributed by atoms with Gasteiger partial charge in [0.25, 0.3) is 0 Å². The highest BCUT2D eigenvalue weighted by Crippen LogP contribution is 2.30.